The number of hydrogen-bond acceptors (Lipinski definition) is 7. The molecule has 0 saturated heterocycles. The molecule has 1 amide bonds. The summed E-state index contributed by atoms with van der Waals surface area (Å²) < 4.78 is 19.1. The Labute approximate surface area is 231 Å². The van der Waals surface area contributed by atoms with Crippen LogP contribution in [0.4, 0.5) is 0 Å². The van der Waals surface area contributed by atoms with Gasteiger partial charge in [0.05, 0.1) is 30.0 Å². The van der Waals surface area contributed by atoms with Crippen molar-refractivity contribution in [3.05, 3.63) is 97.2 Å². The van der Waals surface area contributed by atoms with Crippen molar-refractivity contribution in [1.29, 1.82) is 0 Å². The highest BCUT2D eigenvalue weighted by atomic mass is 32.1. The van der Waals surface area contributed by atoms with Crippen LogP contribution in [-0.2, 0) is 4.79 Å². The molecule has 204 valence electrons. The third kappa shape index (κ3) is 5.40. The van der Waals surface area contributed by atoms with E-state index in [-0.39, 0.29) is 11.5 Å². The number of nitrogens with zero attached hydrogens (tertiary/aromatic N) is 3. The van der Waals surface area contributed by atoms with E-state index in [1.165, 1.54) is 11.3 Å². The van der Waals surface area contributed by atoms with Crippen molar-refractivity contribution in [1.82, 2.24) is 9.47 Å². The van der Waals surface area contributed by atoms with Gasteiger partial charge in [-0.05, 0) is 51.1 Å². The molecule has 3 aromatic rings. The van der Waals surface area contributed by atoms with E-state index in [1.807, 2.05) is 51.1 Å². The van der Waals surface area contributed by atoms with Gasteiger partial charge in [0.1, 0.15) is 29.9 Å². The van der Waals surface area contributed by atoms with Crippen LogP contribution in [-0.4, -0.2) is 49.3 Å². The minimum absolute atomic E-state index is 0.173. The van der Waals surface area contributed by atoms with Gasteiger partial charge >= 0.3 is 0 Å². The number of ether oxygens (including phenoxy) is 3. The number of allylic oxidation sites excluding steroid dienone is 1. The highest BCUT2D eigenvalue weighted by Gasteiger charge is 2.36. The zero-order chi connectivity index (χ0) is 28.1. The van der Waals surface area contributed by atoms with Gasteiger partial charge in [-0.1, -0.05) is 42.2 Å². The van der Waals surface area contributed by atoms with E-state index in [1.54, 1.807) is 48.0 Å². The molecule has 4 rings (SSSR count). The molecule has 0 spiro atoms. The molecule has 0 fully saturated rings. The third-order valence-electron chi connectivity index (χ3n) is 6.60. The molecule has 1 aliphatic rings. The predicted octanol–water partition coefficient (Wildman–Crippen LogP) is 3.69. The molecule has 0 saturated carbocycles. The molecule has 0 aliphatic carbocycles. The van der Waals surface area contributed by atoms with Gasteiger partial charge < -0.3 is 19.1 Å². The maximum atomic E-state index is 14.1. The Bertz CT molecular complexity index is 1600. The molecule has 0 N–H and O–H groups in total. The summed E-state index contributed by atoms with van der Waals surface area (Å²) in [4.78, 5) is 34.9. The molecule has 0 bridgehead atoms. The predicted molar refractivity (Wildman–Crippen MR) is 153 cm³/mol. The van der Waals surface area contributed by atoms with Crippen molar-refractivity contribution < 1.29 is 19.0 Å². The summed E-state index contributed by atoms with van der Waals surface area (Å²) in [5.41, 5.74) is 2.13. The van der Waals surface area contributed by atoms with Gasteiger partial charge in [-0.15, -0.1) is 0 Å². The Hall–Kier alpha value is -4.11. The van der Waals surface area contributed by atoms with Crippen LogP contribution >= 0.6 is 11.3 Å². The van der Waals surface area contributed by atoms with Crippen molar-refractivity contribution >= 4 is 23.3 Å². The Kier molecular flexibility index (Phi) is 8.71. The van der Waals surface area contributed by atoms with E-state index in [0.717, 1.165) is 5.56 Å². The Morgan fingerprint density at radius 3 is 2.54 bits per heavy atom. The lowest BCUT2D eigenvalue weighted by Crippen LogP contribution is -2.43. The molecule has 0 radical (unpaired) electrons. The number of methoxy groups -OCH3 is 2. The average Bonchev–Trinajstić information content (AvgIpc) is 3.25. The van der Waals surface area contributed by atoms with Crippen LogP contribution in [0.1, 0.15) is 37.9 Å². The van der Waals surface area contributed by atoms with Crippen LogP contribution in [0.3, 0.4) is 0 Å². The molecule has 8 nitrogen and oxygen atoms in total. The topological polar surface area (TPSA) is 82.4 Å². The lowest BCUT2D eigenvalue weighted by atomic mass is 9.93. The van der Waals surface area contributed by atoms with E-state index in [2.05, 4.69) is 6.58 Å². The lowest BCUT2D eigenvalue weighted by molar-refractivity contribution is -0.127. The minimum Gasteiger partial charge on any atom is -0.497 e. The number of aromatic nitrogens is 1. The van der Waals surface area contributed by atoms with Gasteiger partial charge in [0.15, 0.2) is 4.80 Å². The quantitative estimate of drug-likeness (QED) is 0.362. The Balaban J connectivity index is 2.01. The number of fused-ring (bicyclic) bond motifs is 1. The number of amides is 1. The highest BCUT2D eigenvalue weighted by molar-refractivity contribution is 7.07. The number of thiazole rings is 1. The van der Waals surface area contributed by atoms with Crippen LogP contribution in [0.5, 0.6) is 17.2 Å². The van der Waals surface area contributed by atoms with Gasteiger partial charge in [0, 0.05) is 24.2 Å². The third-order valence-corrected chi connectivity index (χ3v) is 7.58. The molecule has 39 heavy (non-hydrogen) atoms. The van der Waals surface area contributed by atoms with Gasteiger partial charge in [0.2, 0.25) is 0 Å². The largest absolute Gasteiger partial charge is 0.497 e. The second-order valence-electron chi connectivity index (χ2n) is 8.80. The van der Waals surface area contributed by atoms with Gasteiger partial charge in [-0.2, -0.15) is 0 Å². The smallest absolute Gasteiger partial charge is 0.271 e. The number of likely N-dealkylation sites (N-methyl/N-ethyl adjacent to an activating group) is 1. The van der Waals surface area contributed by atoms with Crippen LogP contribution < -0.4 is 29.1 Å². The minimum atomic E-state index is -0.756. The van der Waals surface area contributed by atoms with E-state index in [9.17, 15) is 9.59 Å². The van der Waals surface area contributed by atoms with E-state index >= 15 is 0 Å². The lowest BCUT2D eigenvalue weighted by Gasteiger charge is -2.30. The monoisotopic (exact) mass is 547 g/mol. The molecule has 0 unspecified atom stereocenters. The maximum Gasteiger partial charge on any atom is 0.271 e. The van der Waals surface area contributed by atoms with Gasteiger partial charge in [0.25, 0.3) is 11.5 Å². The summed E-state index contributed by atoms with van der Waals surface area (Å²) in [7, 11) is 3.14. The molecular weight excluding hydrogens is 514 g/mol. The summed E-state index contributed by atoms with van der Waals surface area (Å²) >= 11 is 1.27. The molecule has 2 heterocycles. The molecule has 1 atom stereocenters. The van der Waals surface area contributed by atoms with Gasteiger partial charge in [-0.25, -0.2) is 4.99 Å². The summed E-state index contributed by atoms with van der Waals surface area (Å²) in [6.07, 6.45) is 3.47. The first kappa shape index (κ1) is 27.9. The number of carbonyl (C=O) groups excluding carboxylic acids is 1. The molecular formula is C30H33N3O5S. The fourth-order valence-electron chi connectivity index (χ4n) is 4.64. The average molecular weight is 548 g/mol. The summed E-state index contributed by atoms with van der Waals surface area (Å²) in [5, 5.41) is 0. The van der Waals surface area contributed by atoms with Crippen molar-refractivity contribution in [2.45, 2.75) is 26.8 Å². The van der Waals surface area contributed by atoms with Crippen LogP contribution in [0, 0.1) is 0 Å². The van der Waals surface area contributed by atoms with Crippen molar-refractivity contribution in [2.24, 2.45) is 4.99 Å². The van der Waals surface area contributed by atoms with Crippen molar-refractivity contribution in [3.8, 4) is 17.2 Å². The van der Waals surface area contributed by atoms with Crippen LogP contribution in [0.25, 0.3) is 6.08 Å². The fraction of sp³-hybridized carbons (Fsp3) is 0.300. The zero-order valence-electron chi connectivity index (χ0n) is 22.9. The second kappa shape index (κ2) is 12.2. The summed E-state index contributed by atoms with van der Waals surface area (Å²) in [5.74, 6) is 1.60. The molecule has 9 heteroatoms. The van der Waals surface area contributed by atoms with E-state index in [4.69, 9.17) is 19.2 Å². The van der Waals surface area contributed by atoms with Crippen molar-refractivity contribution in [2.75, 3.05) is 33.9 Å². The van der Waals surface area contributed by atoms with Crippen LogP contribution in [0.15, 0.2) is 76.2 Å². The standard InChI is InChI=1S/C30H33N3O5S/c1-7-16-38-23-13-11-10-12-20(23)17-25-28(34)33-27(22-18-21(36-5)14-15-24(22)37-6)26(19(4)31-30(33)39-25)29(35)32(8-2)9-3/h7,10-15,17-18,27H,1,8-9,16H2,2-6H3/b25-17+/t27-/m1/s1. The SMILES string of the molecule is C=CCOc1ccccc1/C=c1/sc2n(c1=O)[C@H](c1cc(OC)ccc1OC)C(C(=O)N(CC)CC)=C(C)N=2. The molecule has 2 aromatic carbocycles. The zero-order valence-corrected chi connectivity index (χ0v) is 23.7. The number of carbonyl (C=O) groups is 1. The van der Waals surface area contributed by atoms with E-state index < -0.39 is 6.04 Å². The Morgan fingerprint density at radius 2 is 1.87 bits per heavy atom. The summed E-state index contributed by atoms with van der Waals surface area (Å²) in [6, 6.07) is 12.1. The molecule has 1 aliphatic heterocycles. The number of rotatable bonds is 10. The highest BCUT2D eigenvalue weighted by Crippen LogP contribution is 2.38. The Morgan fingerprint density at radius 1 is 1.13 bits per heavy atom. The number of benzene rings is 2. The van der Waals surface area contributed by atoms with Crippen LogP contribution in [0.2, 0.25) is 0 Å². The number of para-hydroxylation sites is 1. The second-order valence-corrected chi connectivity index (χ2v) is 9.81. The fourth-order valence-corrected chi connectivity index (χ4v) is 5.68. The maximum absolute atomic E-state index is 14.1. The normalized spacial score (nSPS) is 14.9. The van der Waals surface area contributed by atoms with Gasteiger partial charge in [-0.3, -0.25) is 14.2 Å². The van der Waals surface area contributed by atoms with E-state index in [0.29, 0.717) is 63.1 Å². The first-order valence-electron chi connectivity index (χ1n) is 12.7. The first-order valence-corrected chi connectivity index (χ1v) is 13.6. The number of hydrogen-bond donors (Lipinski definition) is 0. The summed E-state index contributed by atoms with van der Waals surface area (Å²) in [6.45, 7) is 10.8. The van der Waals surface area contributed by atoms with Crippen molar-refractivity contribution in [3.63, 3.8) is 0 Å². The first-order chi connectivity index (χ1) is 18.9. The molecule has 1 aromatic heterocycles.